The molecule has 146 valence electrons. The fraction of sp³-hybridized carbons (Fsp3) is 0.211. The number of anilines is 5. The third-order valence-electron chi connectivity index (χ3n) is 4.90. The maximum absolute atomic E-state index is 13.8. The summed E-state index contributed by atoms with van der Waals surface area (Å²) in [7, 11) is 0. The van der Waals surface area contributed by atoms with Gasteiger partial charge in [0.1, 0.15) is 18.0 Å². The molecule has 0 bridgehead atoms. The number of carbonyl (C=O) groups is 1. The van der Waals surface area contributed by atoms with Gasteiger partial charge in [0.05, 0.1) is 5.69 Å². The number of amides is 1. The lowest BCUT2D eigenvalue weighted by molar-refractivity contribution is -0.140. The van der Waals surface area contributed by atoms with Gasteiger partial charge in [-0.15, -0.1) is 0 Å². The Bertz CT molecular complexity index is 1100. The van der Waals surface area contributed by atoms with Crippen molar-refractivity contribution in [2.45, 2.75) is 24.9 Å². The Kier molecular flexibility index (Phi) is 3.97. The van der Waals surface area contributed by atoms with Crippen LogP contribution in [0.2, 0.25) is 0 Å². The summed E-state index contributed by atoms with van der Waals surface area (Å²) in [5.41, 5.74) is -0.494. The Morgan fingerprint density at radius 2 is 1.83 bits per heavy atom. The van der Waals surface area contributed by atoms with E-state index in [4.69, 9.17) is 4.74 Å². The number of carbonyl (C=O) groups excluding carboxylic acids is 1. The Labute approximate surface area is 164 Å². The van der Waals surface area contributed by atoms with Gasteiger partial charge in [-0.2, -0.15) is 4.98 Å². The standard InChI is InChI=1S/C19H16FN7O2/c20-11-4-1-2-5-12(11)23-17-21-10-22-18(27-17)25-14-7-6-13-15(24-14)26-16(28)19(29-13)8-3-9-19/h1-2,4-7,10H,3,8-9H2,(H3,21,22,23,24,25,26,27,28). The van der Waals surface area contributed by atoms with Crippen LogP contribution in [0.5, 0.6) is 5.75 Å². The molecule has 5 rings (SSSR count). The van der Waals surface area contributed by atoms with Crippen LogP contribution in [0.25, 0.3) is 0 Å². The number of halogens is 1. The molecular weight excluding hydrogens is 377 g/mol. The molecule has 2 aliphatic rings. The number of ether oxygens (including phenoxy) is 1. The lowest BCUT2D eigenvalue weighted by Gasteiger charge is -2.42. The van der Waals surface area contributed by atoms with Crippen LogP contribution in [0.3, 0.4) is 0 Å². The highest BCUT2D eigenvalue weighted by Crippen LogP contribution is 2.43. The first kappa shape index (κ1) is 17.3. The molecule has 3 heterocycles. The molecule has 1 saturated carbocycles. The summed E-state index contributed by atoms with van der Waals surface area (Å²) in [4.78, 5) is 28.9. The van der Waals surface area contributed by atoms with Gasteiger partial charge in [0, 0.05) is 0 Å². The predicted molar refractivity (Wildman–Crippen MR) is 103 cm³/mol. The number of fused-ring (bicyclic) bond motifs is 1. The molecule has 1 amide bonds. The zero-order valence-electron chi connectivity index (χ0n) is 15.1. The molecule has 0 atom stereocenters. The van der Waals surface area contributed by atoms with Crippen LogP contribution in [-0.2, 0) is 4.79 Å². The maximum atomic E-state index is 13.8. The van der Waals surface area contributed by atoms with Gasteiger partial charge in [0.15, 0.2) is 17.2 Å². The van der Waals surface area contributed by atoms with Gasteiger partial charge in [-0.25, -0.2) is 19.3 Å². The van der Waals surface area contributed by atoms with E-state index in [2.05, 4.69) is 35.9 Å². The Balaban J connectivity index is 1.34. The van der Waals surface area contributed by atoms with Crippen LogP contribution < -0.4 is 20.7 Å². The molecule has 3 aromatic rings. The molecule has 1 spiro atoms. The van der Waals surface area contributed by atoms with Crippen molar-refractivity contribution < 1.29 is 13.9 Å². The fourth-order valence-corrected chi connectivity index (χ4v) is 3.21. The second kappa shape index (κ2) is 6.66. The first-order chi connectivity index (χ1) is 14.1. The fourth-order valence-electron chi connectivity index (χ4n) is 3.21. The van der Waals surface area contributed by atoms with E-state index in [0.29, 0.717) is 30.2 Å². The normalized spacial score (nSPS) is 16.2. The first-order valence-corrected chi connectivity index (χ1v) is 9.10. The van der Waals surface area contributed by atoms with E-state index < -0.39 is 11.4 Å². The average molecular weight is 393 g/mol. The van der Waals surface area contributed by atoms with E-state index in [1.54, 1.807) is 30.3 Å². The number of rotatable bonds is 4. The number of nitrogens with one attached hydrogen (secondary N) is 3. The lowest BCUT2D eigenvalue weighted by atomic mass is 9.78. The minimum absolute atomic E-state index is 0.169. The Morgan fingerprint density at radius 1 is 1.03 bits per heavy atom. The lowest BCUT2D eigenvalue weighted by Crippen LogP contribution is -2.55. The van der Waals surface area contributed by atoms with Gasteiger partial charge in [-0.05, 0) is 43.5 Å². The molecule has 1 aromatic carbocycles. The maximum Gasteiger partial charge on any atom is 0.269 e. The van der Waals surface area contributed by atoms with Crippen molar-refractivity contribution in [3.05, 3.63) is 48.5 Å². The van der Waals surface area contributed by atoms with Gasteiger partial charge in [0.2, 0.25) is 11.9 Å². The molecule has 10 heteroatoms. The molecular formula is C19H16FN7O2. The third-order valence-corrected chi connectivity index (χ3v) is 4.90. The molecule has 2 aromatic heterocycles. The molecule has 0 radical (unpaired) electrons. The number of hydrogen-bond donors (Lipinski definition) is 3. The van der Waals surface area contributed by atoms with Crippen molar-refractivity contribution in [2.75, 3.05) is 16.0 Å². The Hall–Kier alpha value is -3.82. The van der Waals surface area contributed by atoms with Gasteiger partial charge in [0.25, 0.3) is 5.91 Å². The zero-order chi connectivity index (χ0) is 19.8. The predicted octanol–water partition coefficient (Wildman–Crippen LogP) is 3.15. The highest BCUT2D eigenvalue weighted by atomic mass is 19.1. The minimum atomic E-state index is -0.745. The van der Waals surface area contributed by atoms with Crippen molar-refractivity contribution in [3.8, 4) is 5.75 Å². The second-order valence-corrected chi connectivity index (χ2v) is 6.81. The quantitative estimate of drug-likeness (QED) is 0.619. The molecule has 0 unspecified atom stereocenters. The van der Waals surface area contributed by atoms with Crippen molar-refractivity contribution in [1.29, 1.82) is 0 Å². The zero-order valence-corrected chi connectivity index (χ0v) is 15.1. The number of benzene rings is 1. The summed E-state index contributed by atoms with van der Waals surface area (Å²) in [6, 6.07) is 9.66. The van der Waals surface area contributed by atoms with Crippen molar-refractivity contribution >= 4 is 35.1 Å². The highest BCUT2D eigenvalue weighted by Gasteiger charge is 2.49. The smallest absolute Gasteiger partial charge is 0.269 e. The van der Waals surface area contributed by atoms with E-state index in [-0.39, 0.29) is 23.5 Å². The summed E-state index contributed by atoms with van der Waals surface area (Å²) in [6.07, 6.45) is 3.68. The molecule has 1 aliphatic heterocycles. The van der Waals surface area contributed by atoms with Crippen LogP contribution in [-0.4, -0.2) is 31.4 Å². The van der Waals surface area contributed by atoms with E-state index in [0.717, 1.165) is 6.42 Å². The molecule has 29 heavy (non-hydrogen) atoms. The molecule has 0 saturated heterocycles. The number of pyridine rings is 1. The van der Waals surface area contributed by atoms with E-state index in [1.807, 2.05) is 0 Å². The SMILES string of the molecule is O=C1Nc2nc(Nc3ncnc(Nc4ccccc4F)n3)ccc2OC12CCC2. The third kappa shape index (κ3) is 3.18. The van der Waals surface area contributed by atoms with Gasteiger partial charge in [-0.1, -0.05) is 12.1 Å². The summed E-state index contributed by atoms with van der Waals surface area (Å²) in [6.45, 7) is 0. The van der Waals surface area contributed by atoms with Crippen LogP contribution in [0.1, 0.15) is 19.3 Å². The number of nitrogens with zero attached hydrogens (tertiary/aromatic N) is 4. The van der Waals surface area contributed by atoms with Crippen molar-refractivity contribution in [1.82, 2.24) is 19.9 Å². The molecule has 1 aliphatic carbocycles. The van der Waals surface area contributed by atoms with E-state index in [1.165, 1.54) is 12.4 Å². The minimum Gasteiger partial charge on any atom is -0.474 e. The van der Waals surface area contributed by atoms with Crippen LogP contribution in [0.4, 0.5) is 33.6 Å². The summed E-state index contributed by atoms with van der Waals surface area (Å²) < 4.78 is 19.7. The number of para-hydroxylation sites is 1. The first-order valence-electron chi connectivity index (χ1n) is 9.10. The summed E-state index contributed by atoms with van der Waals surface area (Å²) in [5, 5.41) is 8.55. The number of aromatic nitrogens is 4. The Morgan fingerprint density at radius 3 is 2.59 bits per heavy atom. The number of hydrogen-bond acceptors (Lipinski definition) is 8. The van der Waals surface area contributed by atoms with E-state index >= 15 is 0 Å². The van der Waals surface area contributed by atoms with Crippen LogP contribution in [0.15, 0.2) is 42.7 Å². The largest absolute Gasteiger partial charge is 0.474 e. The topological polar surface area (TPSA) is 114 Å². The van der Waals surface area contributed by atoms with Crippen molar-refractivity contribution in [2.24, 2.45) is 0 Å². The van der Waals surface area contributed by atoms with Crippen molar-refractivity contribution in [3.63, 3.8) is 0 Å². The average Bonchev–Trinajstić information content (AvgIpc) is 2.68. The monoisotopic (exact) mass is 393 g/mol. The van der Waals surface area contributed by atoms with Crippen LogP contribution >= 0.6 is 0 Å². The summed E-state index contributed by atoms with van der Waals surface area (Å²) in [5.74, 6) is 1.10. The highest BCUT2D eigenvalue weighted by molar-refractivity contribution is 6.00. The van der Waals surface area contributed by atoms with Gasteiger partial charge >= 0.3 is 0 Å². The molecule has 1 fully saturated rings. The van der Waals surface area contributed by atoms with Crippen LogP contribution in [0, 0.1) is 5.82 Å². The second-order valence-electron chi connectivity index (χ2n) is 6.81. The summed E-state index contributed by atoms with van der Waals surface area (Å²) >= 11 is 0. The van der Waals surface area contributed by atoms with E-state index in [9.17, 15) is 9.18 Å². The van der Waals surface area contributed by atoms with Gasteiger partial charge in [-0.3, -0.25) is 4.79 Å². The molecule has 3 N–H and O–H groups in total. The molecule has 9 nitrogen and oxygen atoms in total. The van der Waals surface area contributed by atoms with Gasteiger partial charge < -0.3 is 20.7 Å².